The van der Waals surface area contributed by atoms with Gasteiger partial charge in [0.2, 0.25) is 0 Å². The Labute approximate surface area is 137 Å². The monoisotopic (exact) mass is 338 g/mol. The van der Waals surface area contributed by atoms with Crippen LogP contribution in [0.15, 0.2) is 6.07 Å². The van der Waals surface area contributed by atoms with Crippen molar-refractivity contribution >= 4 is 28.9 Å². The minimum absolute atomic E-state index is 0.0567. The number of hydrogen-bond donors (Lipinski definition) is 1. The Hall–Kier alpha value is -1.96. The zero-order valence-electron chi connectivity index (χ0n) is 12.7. The Kier molecular flexibility index (Phi) is 4.09. The van der Waals surface area contributed by atoms with Crippen LogP contribution < -0.4 is 0 Å². The van der Waals surface area contributed by atoms with Crippen LogP contribution in [0.3, 0.4) is 0 Å². The van der Waals surface area contributed by atoms with Gasteiger partial charge in [-0.1, -0.05) is 12.8 Å². The molecule has 3 rings (SSSR count). The van der Waals surface area contributed by atoms with Crippen LogP contribution in [0.4, 0.5) is 5.69 Å². The van der Waals surface area contributed by atoms with E-state index in [1.807, 2.05) is 0 Å². The largest absolute Gasteiger partial charge is 0.480 e. The molecule has 124 valence electrons. The molecule has 1 aliphatic heterocycles. The Morgan fingerprint density at radius 3 is 2.70 bits per heavy atom. The quantitative estimate of drug-likeness (QED) is 0.674. The van der Waals surface area contributed by atoms with Crippen LogP contribution in [-0.4, -0.2) is 38.9 Å². The molecule has 1 amide bonds. The molecule has 8 heteroatoms. The minimum Gasteiger partial charge on any atom is -0.480 e. The predicted molar refractivity (Wildman–Crippen MR) is 83.7 cm³/mol. The van der Waals surface area contributed by atoms with Gasteiger partial charge in [-0.3, -0.25) is 14.9 Å². The van der Waals surface area contributed by atoms with E-state index in [0.29, 0.717) is 11.3 Å². The first-order valence-corrected chi connectivity index (χ1v) is 8.52. The van der Waals surface area contributed by atoms with E-state index in [9.17, 15) is 24.8 Å². The average Bonchev–Trinajstić information content (AvgIpc) is 3.07. The van der Waals surface area contributed by atoms with Gasteiger partial charge in [-0.2, -0.15) is 0 Å². The van der Waals surface area contributed by atoms with Crippen molar-refractivity contribution in [2.24, 2.45) is 5.92 Å². The summed E-state index contributed by atoms with van der Waals surface area (Å²) < 4.78 is 0. The number of likely N-dealkylation sites (tertiary alicyclic amines) is 1. The molecule has 1 saturated carbocycles. The van der Waals surface area contributed by atoms with Crippen LogP contribution in [0.2, 0.25) is 0 Å². The van der Waals surface area contributed by atoms with Gasteiger partial charge in [-0.25, -0.2) is 4.79 Å². The lowest BCUT2D eigenvalue weighted by Crippen LogP contribution is -2.46. The van der Waals surface area contributed by atoms with E-state index in [4.69, 9.17) is 0 Å². The van der Waals surface area contributed by atoms with Gasteiger partial charge in [-0.15, -0.1) is 11.3 Å². The summed E-state index contributed by atoms with van der Waals surface area (Å²) in [5.41, 5.74) is -0.0791. The number of rotatable bonds is 3. The number of carboxylic acid groups (broad SMARTS) is 1. The highest BCUT2D eigenvalue weighted by Gasteiger charge is 2.48. The fourth-order valence-electron chi connectivity index (χ4n) is 3.86. The number of thiophene rings is 1. The van der Waals surface area contributed by atoms with E-state index in [1.54, 1.807) is 6.92 Å². The molecule has 1 saturated heterocycles. The highest BCUT2D eigenvalue weighted by molar-refractivity contribution is 7.14. The molecule has 3 unspecified atom stereocenters. The first kappa shape index (κ1) is 15.9. The van der Waals surface area contributed by atoms with E-state index < -0.39 is 16.9 Å². The second-order valence-electron chi connectivity index (χ2n) is 6.22. The van der Waals surface area contributed by atoms with Gasteiger partial charge >= 0.3 is 5.97 Å². The van der Waals surface area contributed by atoms with E-state index in [-0.39, 0.29) is 28.4 Å². The van der Waals surface area contributed by atoms with Crippen LogP contribution in [0.25, 0.3) is 0 Å². The summed E-state index contributed by atoms with van der Waals surface area (Å²) in [6.45, 7) is 1.60. The molecule has 23 heavy (non-hydrogen) atoms. The van der Waals surface area contributed by atoms with Crippen LogP contribution in [0.1, 0.15) is 46.7 Å². The van der Waals surface area contributed by atoms with Crippen molar-refractivity contribution in [2.75, 3.05) is 0 Å². The first-order chi connectivity index (χ1) is 10.9. The number of carbonyl (C=O) groups is 2. The lowest BCUT2D eigenvalue weighted by Gasteiger charge is -2.32. The molecule has 2 heterocycles. The van der Waals surface area contributed by atoms with Crippen LogP contribution >= 0.6 is 11.3 Å². The number of amides is 1. The van der Waals surface area contributed by atoms with Crippen molar-refractivity contribution in [3.05, 3.63) is 25.9 Å². The standard InChI is InChI=1S/C15H18N2O5S/c1-8-11(17(21)22)7-13(23-8)14(18)16-10-5-3-2-4-9(10)6-12(16)15(19)20/h7,9-10,12H,2-6H2,1H3,(H,19,20). The highest BCUT2D eigenvalue weighted by Crippen LogP contribution is 2.41. The van der Waals surface area contributed by atoms with Crippen molar-refractivity contribution in [3.63, 3.8) is 0 Å². The maximum atomic E-state index is 12.9. The summed E-state index contributed by atoms with van der Waals surface area (Å²) in [6.07, 6.45) is 4.30. The van der Waals surface area contributed by atoms with Gasteiger partial charge in [0.15, 0.2) is 0 Å². The second kappa shape index (κ2) is 5.92. The van der Waals surface area contributed by atoms with Crippen molar-refractivity contribution in [1.82, 2.24) is 4.90 Å². The normalized spacial score (nSPS) is 26.8. The van der Waals surface area contributed by atoms with Crippen LogP contribution in [0, 0.1) is 23.0 Å². The highest BCUT2D eigenvalue weighted by atomic mass is 32.1. The average molecular weight is 338 g/mol. The Morgan fingerprint density at radius 2 is 2.09 bits per heavy atom. The molecule has 0 radical (unpaired) electrons. The number of hydrogen-bond acceptors (Lipinski definition) is 5. The number of carbonyl (C=O) groups excluding carboxylic acids is 1. The van der Waals surface area contributed by atoms with E-state index in [0.717, 1.165) is 37.0 Å². The molecule has 7 nitrogen and oxygen atoms in total. The van der Waals surface area contributed by atoms with E-state index in [1.165, 1.54) is 11.0 Å². The lowest BCUT2D eigenvalue weighted by atomic mass is 9.85. The molecule has 1 aliphatic carbocycles. The van der Waals surface area contributed by atoms with Crippen molar-refractivity contribution < 1.29 is 19.6 Å². The Balaban J connectivity index is 1.93. The molecule has 2 aliphatic rings. The van der Waals surface area contributed by atoms with E-state index in [2.05, 4.69) is 0 Å². The van der Waals surface area contributed by atoms with Gasteiger partial charge in [0.25, 0.3) is 11.6 Å². The fraction of sp³-hybridized carbons (Fsp3) is 0.600. The second-order valence-corrected chi connectivity index (χ2v) is 7.48. The molecule has 1 aromatic rings. The number of fused-ring (bicyclic) bond motifs is 1. The van der Waals surface area contributed by atoms with Crippen molar-refractivity contribution in [2.45, 2.75) is 51.1 Å². The van der Waals surface area contributed by atoms with Gasteiger partial charge in [0.05, 0.1) is 14.7 Å². The smallest absolute Gasteiger partial charge is 0.326 e. The predicted octanol–water partition coefficient (Wildman–Crippen LogP) is 2.82. The molecular formula is C15H18N2O5S. The molecule has 0 aromatic carbocycles. The van der Waals surface area contributed by atoms with E-state index >= 15 is 0 Å². The first-order valence-electron chi connectivity index (χ1n) is 7.70. The number of aliphatic carboxylic acids is 1. The Morgan fingerprint density at radius 1 is 1.39 bits per heavy atom. The molecular weight excluding hydrogens is 320 g/mol. The summed E-state index contributed by atoms with van der Waals surface area (Å²) in [5.74, 6) is -1.15. The number of carboxylic acids is 1. The van der Waals surface area contributed by atoms with Gasteiger partial charge in [0, 0.05) is 12.1 Å². The van der Waals surface area contributed by atoms with Crippen LogP contribution in [0.5, 0.6) is 0 Å². The molecule has 1 N–H and O–H groups in total. The van der Waals surface area contributed by atoms with Gasteiger partial charge < -0.3 is 10.0 Å². The summed E-state index contributed by atoms with van der Waals surface area (Å²) in [7, 11) is 0. The third-order valence-electron chi connectivity index (χ3n) is 4.91. The number of aryl methyl sites for hydroxylation is 1. The third kappa shape index (κ3) is 2.71. The number of nitro groups is 1. The summed E-state index contributed by atoms with van der Waals surface area (Å²) in [5, 5.41) is 20.4. The molecule has 2 fully saturated rings. The molecule has 1 aromatic heterocycles. The molecule has 0 spiro atoms. The Bertz CT molecular complexity index is 671. The zero-order chi connectivity index (χ0) is 16.7. The maximum Gasteiger partial charge on any atom is 0.326 e. The minimum atomic E-state index is -0.990. The number of nitrogens with zero attached hydrogens (tertiary/aromatic N) is 2. The van der Waals surface area contributed by atoms with Crippen LogP contribution in [-0.2, 0) is 4.79 Å². The fourth-order valence-corrected chi connectivity index (χ4v) is 4.79. The lowest BCUT2D eigenvalue weighted by molar-refractivity contribution is -0.385. The molecule has 3 atom stereocenters. The van der Waals surface area contributed by atoms with Crippen molar-refractivity contribution in [3.8, 4) is 0 Å². The van der Waals surface area contributed by atoms with Gasteiger partial charge in [0.1, 0.15) is 6.04 Å². The van der Waals surface area contributed by atoms with Crippen molar-refractivity contribution in [1.29, 1.82) is 0 Å². The summed E-state index contributed by atoms with van der Waals surface area (Å²) in [4.78, 5) is 37.1. The summed E-state index contributed by atoms with van der Waals surface area (Å²) in [6, 6.07) is 0.396. The summed E-state index contributed by atoms with van der Waals surface area (Å²) >= 11 is 1.06. The SMILES string of the molecule is Cc1sc(C(=O)N2C(C(=O)O)CC3CCCCC32)cc1[N+](=O)[O-]. The zero-order valence-corrected chi connectivity index (χ0v) is 13.5. The molecule has 0 bridgehead atoms. The van der Waals surface area contributed by atoms with Gasteiger partial charge in [-0.05, 0) is 32.1 Å². The topological polar surface area (TPSA) is 101 Å². The maximum absolute atomic E-state index is 12.9. The third-order valence-corrected chi connectivity index (χ3v) is 5.93.